The Bertz CT molecular complexity index is 811. The van der Waals surface area contributed by atoms with Crippen molar-refractivity contribution in [2.24, 2.45) is 0 Å². The second-order valence-corrected chi connectivity index (χ2v) is 6.41. The quantitative estimate of drug-likeness (QED) is 0.695. The predicted molar refractivity (Wildman–Crippen MR) is 93.7 cm³/mol. The number of nitrogens with zero attached hydrogens (tertiary/aromatic N) is 2. The van der Waals surface area contributed by atoms with E-state index in [-0.39, 0.29) is 33.1 Å². The molecule has 1 aromatic carbocycles. The standard InChI is InChI=1S/C17H14Cl2F2N2O3/c1-25-14-6-10(26-17(20)21)4-5-11(14)16(24)23(9-2-3-9)15-12(18)7-22-8-13(15)19/h4-9,17H,2-3H2,1H3. The van der Waals surface area contributed by atoms with Crippen LogP contribution in [0.2, 0.25) is 10.0 Å². The maximum atomic E-state index is 13.2. The molecule has 0 bridgehead atoms. The normalized spacial score (nSPS) is 13.6. The lowest BCUT2D eigenvalue weighted by Crippen LogP contribution is -2.34. The van der Waals surface area contributed by atoms with Crippen LogP contribution in [0.15, 0.2) is 30.6 Å². The Morgan fingerprint density at radius 1 is 1.27 bits per heavy atom. The van der Waals surface area contributed by atoms with Crippen LogP contribution in [0, 0.1) is 0 Å². The van der Waals surface area contributed by atoms with Crippen molar-refractivity contribution in [1.82, 2.24) is 4.98 Å². The van der Waals surface area contributed by atoms with Crippen LogP contribution in [0.3, 0.4) is 0 Å². The number of carbonyl (C=O) groups is 1. The number of carbonyl (C=O) groups excluding carboxylic acids is 1. The number of rotatable bonds is 6. The van der Waals surface area contributed by atoms with E-state index >= 15 is 0 Å². The largest absolute Gasteiger partial charge is 0.496 e. The summed E-state index contributed by atoms with van der Waals surface area (Å²) in [6, 6.07) is 3.84. The lowest BCUT2D eigenvalue weighted by atomic mass is 10.1. The number of anilines is 1. The van der Waals surface area contributed by atoms with Gasteiger partial charge >= 0.3 is 6.61 Å². The van der Waals surface area contributed by atoms with Crippen molar-refractivity contribution in [1.29, 1.82) is 0 Å². The van der Waals surface area contributed by atoms with E-state index in [0.29, 0.717) is 5.69 Å². The van der Waals surface area contributed by atoms with Gasteiger partial charge in [-0.25, -0.2) is 0 Å². The van der Waals surface area contributed by atoms with Gasteiger partial charge in [0, 0.05) is 24.5 Å². The summed E-state index contributed by atoms with van der Waals surface area (Å²) < 4.78 is 34.3. The first-order chi connectivity index (χ1) is 12.4. The molecule has 0 unspecified atom stereocenters. The molecule has 138 valence electrons. The number of halogens is 4. The molecule has 1 aromatic heterocycles. The molecule has 9 heteroatoms. The van der Waals surface area contributed by atoms with Crippen LogP contribution in [-0.2, 0) is 0 Å². The number of alkyl halides is 2. The molecule has 1 fully saturated rings. The van der Waals surface area contributed by atoms with Crippen molar-refractivity contribution in [2.45, 2.75) is 25.5 Å². The van der Waals surface area contributed by atoms with Gasteiger partial charge in [-0.2, -0.15) is 8.78 Å². The third-order valence-corrected chi connectivity index (χ3v) is 4.38. The van der Waals surface area contributed by atoms with Crippen LogP contribution < -0.4 is 14.4 Å². The molecule has 0 radical (unpaired) electrons. The first kappa shape index (κ1) is 18.7. The van der Waals surface area contributed by atoms with Gasteiger partial charge in [-0.15, -0.1) is 0 Å². The Morgan fingerprint density at radius 3 is 2.46 bits per heavy atom. The number of aromatic nitrogens is 1. The molecule has 3 rings (SSSR count). The summed E-state index contributed by atoms with van der Waals surface area (Å²) in [5.41, 5.74) is 0.552. The number of benzene rings is 1. The maximum Gasteiger partial charge on any atom is 0.387 e. The highest BCUT2D eigenvalue weighted by Gasteiger charge is 2.37. The van der Waals surface area contributed by atoms with Crippen molar-refractivity contribution >= 4 is 34.8 Å². The highest BCUT2D eigenvalue weighted by molar-refractivity contribution is 6.40. The molecule has 0 spiro atoms. The number of hydrogen-bond donors (Lipinski definition) is 0. The molecule has 2 aromatic rings. The average Bonchev–Trinajstić information content (AvgIpc) is 3.42. The fraction of sp³-hybridized carbons (Fsp3) is 0.294. The van der Waals surface area contributed by atoms with E-state index in [2.05, 4.69) is 9.72 Å². The average molecular weight is 403 g/mol. The summed E-state index contributed by atoms with van der Waals surface area (Å²) in [6.07, 6.45) is 4.41. The molecule has 1 heterocycles. The smallest absolute Gasteiger partial charge is 0.387 e. The van der Waals surface area contributed by atoms with E-state index in [9.17, 15) is 13.6 Å². The molecule has 1 aliphatic rings. The van der Waals surface area contributed by atoms with Gasteiger partial charge in [0.15, 0.2) is 0 Å². The van der Waals surface area contributed by atoms with E-state index in [0.717, 1.165) is 12.8 Å². The van der Waals surface area contributed by atoms with E-state index in [4.69, 9.17) is 27.9 Å². The monoisotopic (exact) mass is 402 g/mol. The lowest BCUT2D eigenvalue weighted by molar-refractivity contribution is -0.0499. The second kappa shape index (κ2) is 7.63. The Balaban J connectivity index is 2.01. The summed E-state index contributed by atoms with van der Waals surface area (Å²) in [6.45, 7) is -2.97. The molecule has 0 aliphatic heterocycles. The summed E-state index contributed by atoms with van der Waals surface area (Å²) >= 11 is 12.4. The Morgan fingerprint density at radius 2 is 1.92 bits per heavy atom. The van der Waals surface area contributed by atoms with Crippen LogP contribution in [0.5, 0.6) is 11.5 Å². The van der Waals surface area contributed by atoms with Gasteiger partial charge in [-0.05, 0) is 25.0 Å². The van der Waals surface area contributed by atoms with Crippen molar-refractivity contribution in [3.8, 4) is 11.5 Å². The van der Waals surface area contributed by atoms with Gasteiger partial charge in [0.05, 0.1) is 28.4 Å². The van der Waals surface area contributed by atoms with E-state index in [1.807, 2.05) is 0 Å². The highest BCUT2D eigenvalue weighted by atomic mass is 35.5. The number of methoxy groups -OCH3 is 1. The highest BCUT2D eigenvalue weighted by Crippen LogP contribution is 2.41. The molecule has 26 heavy (non-hydrogen) atoms. The van der Waals surface area contributed by atoms with Crippen molar-refractivity contribution < 1.29 is 23.0 Å². The topological polar surface area (TPSA) is 51.7 Å². The molecule has 0 saturated heterocycles. The Kier molecular flexibility index (Phi) is 5.48. The zero-order valence-corrected chi connectivity index (χ0v) is 15.1. The zero-order valence-electron chi connectivity index (χ0n) is 13.6. The zero-order chi connectivity index (χ0) is 18.8. The van der Waals surface area contributed by atoms with Gasteiger partial charge < -0.3 is 14.4 Å². The van der Waals surface area contributed by atoms with Crippen molar-refractivity contribution in [3.63, 3.8) is 0 Å². The summed E-state index contributed by atoms with van der Waals surface area (Å²) in [5, 5.41) is 0.490. The summed E-state index contributed by atoms with van der Waals surface area (Å²) in [7, 11) is 1.34. The molecule has 1 aliphatic carbocycles. The van der Waals surface area contributed by atoms with Gasteiger partial charge in [0.25, 0.3) is 5.91 Å². The first-order valence-electron chi connectivity index (χ1n) is 7.67. The molecular formula is C17H14Cl2F2N2O3. The van der Waals surface area contributed by atoms with Crippen LogP contribution in [0.1, 0.15) is 23.2 Å². The van der Waals surface area contributed by atoms with Crippen LogP contribution in [0.25, 0.3) is 0 Å². The van der Waals surface area contributed by atoms with Gasteiger partial charge in [0.2, 0.25) is 0 Å². The van der Waals surface area contributed by atoms with Crippen LogP contribution >= 0.6 is 23.2 Å². The van der Waals surface area contributed by atoms with E-state index in [1.54, 1.807) is 0 Å². The molecule has 0 N–H and O–H groups in total. The fourth-order valence-electron chi connectivity index (χ4n) is 2.57. The SMILES string of the molecule is COc1cc(OC(F)F)ccc1C(=O)N(c1c(Cl)cncc1Cl)C1CC1. The molecular weight excluding hydrogens is 389 g/mol. The Labute approximate surface area is 158 Å². The third kappa shape index (κ3) is 3.83. The molecule has 0 atom stereocenters. The molecule has 1 saturated carbocycles. The summed E-state index contributed by atoms with van der Waals surface area (Å²) in [4.78, 5) is 18.6. The second-order valence-electron chi connectivity index (χ2n) is 5.60. The van der Waals surface area contributed by atoms with E-state index in [1.165, 1.54) is 42.6 Å². The van der Waals surface area contributed by atoms with Crippen molar-refractivity contribution in [2.75, 3.05) is 12.0 Å². The van der Waals surface area contributed by atoms with E-state index < -0.39 is 12.5 Å². The molecule has 5 nitrogen and oxygen atoms in total. The minimum Gasteiger partial charge on any atom is -0.496 e. The lowest BCUT2D eigenvalue weighted by Gasteiger charge is -2.25. The minimum atomic E-state index is -2.97. The number of hydrogen-bond acceptors (Lipinski definition) is 4. The Hall–Kier alpha value is -2.12. The van der Waals surface area contributed by atoms with Crippen LogP contribution in [-0.4, -0.2) is 30.7 Å². The van der Waals surface area contributed by atoms with Crippen LogP contribution in [0.4, 0.5) is 14.5 Å². The first-order valence-corrected chi connectivity index (χ1v) is 8.43. The number of pyridine rings is 1. The third-order valence-electron chi connectivity index (χ3n) is 3.83. The van der Waals surface area contributed by atoms with Gasteiger partial charge in [-0.3, -0.25) is 9.78 Å². The van der Waals surface area contributed by atoms with Gasteiger partial charge in [0.1, 0.15) is 11.5 Å². The number of amides is 1. The molecule has 1 amide bonds. The van der Waals surface area contributed by atoms with Crippen molar-refractivity contribution in [3.05, 3.63) is 46.2 Å². The fourth-order valence-corrected chi connectivity index (χ4v) is 3.12. The summed E-state index contributed by atoms with van der Waals surface area (Å²) in [5.74, 6) is -0.394. The number of ether oxygens (including phenoxy) is 2. The predicted octanol–water partition coefficient (Wildman–Crippen LogP) is 4.81. The minimum absolute atomic E-state index is 0.0541. The maximum absolute atomic E-state index is 13.2. The van der Waals surface area contributed by atoms with Gasteiger partial charge in [-0.1, -0.05) is 23.2 Å².